The summed E-state index contributed by atoms with van der Waals surface area (Å²) in [6, 6.07) is 9.14. The summed E-state index contributed by atoms with van der Waals surface area (Å²) in [6.07, 6.45) is -1.09. The van der Waals surface area contributed by atoms with Crippen molar-refractivity contribution in [2.75, 3.05) is 25.6 Å². The minimum atomic E-state index is -1.09. The maximum Gasteiger partial charge on any atom is 0.342 e. The first kappa shape index (κ1) is 18.4. The molecule has 8 nitrogen and oxygen atoms in total. The van der Waals surface area contributed by atoms with Gasteiger partial charge in [0.1, 0.15) is 30.3 Å². The molecule has 3 rings (SSSR count). The van der Waals surface area contributed by atoms with Gasteiger partial charge in [-0.05, 0) is 37.3 Å². The monoisotopic (exact) mass is 373 g/mol. The molecule has 0 radical (unpaired) electrons. The SMILES string of the molecule is COc1ccc(O)c(C(=O)O[C@H](C)C(=O)Nc2ccc3c(c2)OCCO3)c1. The van der Waals surface area contributed by atoms with Crippen LogP contribution in [0.2, 0.25) is 0 Å². The third-order valence-electron chi connectivity index (χ3n) is 3.89. The van der Waals surface area contributed by atoms with Gasteiger partial charge in [0.05, 0.1) is 7.11 Å². The highest BCUT2D eigenvalue weighted by molar-refractivity contribution is 5.98. The fourth-order valence-corrected chi connectivity index (χ4v) is 2.45. The Bertz CT molecular complexity index is 865. The lowest BCUT2D eigenvalue weighted by Crippen LogP contribution is -2.30. The van der Waals surface area contributed by atoms with Gasteiger partial charge < -0.3 is 29.4 Å². The van der Waals surface area contributed by atoms with Crippen LogP contribution in [0.25, 0.3) is 0 Å². The van der Waals surface area contributed by atoms with Crippen molar-refractivity contribution in [3.05, 3.63) is 42.0 Å². The minimum absolute atomic E-state index is 0.0895. The molecule has 0 spiro atoms. The molecule has 2 N–H and O–H groups in total. The molecule has 0 unspecified atom stereocenters. The summed E-state index contributed by atoms with van der Waals surface area (Å²) in [5, 5.41) is 12.5. The Kier molecular flexibility index (Phi) is 5.35. The molecule has 1 heterocycles. The molecule has 0 saturated carbocycles. The number of carbonyl (C=O) groups is 2. The Balaban J connectivity index is 1.64. The van der Waals surface area contributed by atoms with E-state index in [4.69, 9.17) is 18.9 Å². The number of anilines is 1. The van der Waals surface area contributed by atoms with Gasteiger partial charge in [0.25, 0.3) is 5.91 Å². The number of benzene rings is 2. The quantitative estimate of drug-likeness (QED) is 0.776. The van der Waals surface area contributed by atoms with Crippen molar-refractivity contribution < 1.29 is 33.6 Å². The van der Waals surface area contributed by atoms with E-state index in [0.29, 0.717) is 36.1 Å². The molecule has 0 saturated heterocycles. The Labute approximate surface area is 155 Å². The number of hydrogen-bond donors (Lipinski definition) is 2. The van der Waals surface area contributed by atoms with Crippen LogP contribution in [0.5, 0.6) is 23.0 Å². The van der Waals surface area contributed by atoms with E-state index < -0.39 is 18.0 Å². The van der Waals surface area contributed by atoms with Crippen molar-refractivity contribution in [1.29, 1.82) is 0 Å². The first-order valence-corrected chi connectivity index (χ1v) is 8.26. The topological polar surface area (TPSA) is 103 Å². The summed E-state index contributed by atoms with van der Waals surface area (Å²) in [4.78, 5) is 24.5. The number of hydrogen-bond acceptors (Lipinski definition) is 7. The van der Waals surface area contributed by atoms with E-state index in [0.717, 1.165) is 0 Å². The first-order valence-electron chi connectivity index (χ1n) is 8.26. The summed E-state index contributed by atoms with van der Waals surface area (Å²) < 4.78 is 21.0. The number of fused-ring (bicyclic) bond motifs is 1. The fourth-order valence-electron chi connectivity index (χ4n) is 2.45. The van der Waals surface area contributed by atoms with E-state index in [1.54, 1.807) is 18.2 Å². The van der Waals surface area contributed by atoms with E-state index >= 15 is 0 Å². The highest BCUT2D eigenvalue weighted by Crippen LogP contribution is 2.32. The molecule has 1 aliphatic rings. The zero-order chi connectivity index (χ0) is 19.4. The van der Waals surface area contributed by atoms with Crippen molar-refractivity contribution >= 4 is 17.6 Å². The third-order valence-corrected chi connectivity index (χ3v) is 3.89. The molecule has 1 amide bonds. The van der Waals surface area contributed by atoms with Crippen LogP contribution >= 0.6 is 0 Å². The van der Waals surface area contributed by atoms with E-state index in [1.807, 2.05) is 0 Å². The van der Waals surface area contributed by atoms with Crippen molar-refractivity contribution in [1.82, 2.24) is 0 Å². The van der Waals surface area contributed by atoms with Crippen LogP contribution in [0.1, 0.15) is 17.3 Å². The number of amides is 1. The number of esters is 1. The highest BCUT2D eigenvalue weighted by Gasteiger charge is 2.22. The predicted octanol–water partition coefficient (Wildman–Crippen LogP) is 2.36. The second kappa shape index (κ2) is 7.86. The summed E-state index contributed by atoms with van der Waals surface area (Å²) >= 11 is 0. The van der Waals surface area contributed by atoms with Crippen LogP contribution in [0.15, 0.2) is 36.4 Å². The molecule has 0 bridgehead atoms. The standard InChI is InChI=1S/C19H19NO7/c1-11(27-19(23)14-10-13(24-2)4-5-15(14)21)18(22)20-12-3-6-16-17(9-12)26-8-7-25-16/h3-6,9-11,21H,7-8H2,1-2H3,(H,20,22)/t11-/m1/s1. The maximum atomic E-state index is 12.3. The van der Waals surface area contributed by atoms with Crippen LogP contribution in [0, 0.1) is 0 Å². The molecule has 0 aromatic heterocycles. The largest absolute Gasteiger partial charge is 0.507 e. The summed E-state index contributed by atoms with van der Waals surface area (Å²) in [5.41, 5.74) is 0.393. The van der Waals surface area contributed by atoms with Crippen LogP contribution in [0.4, 0.5) is 5.69 Å². The molecule has 2 aromatic rings. The Hall–Kier alpha value is -3.42. The van der Waals surface area contributed by atoms with Gasteiger partial charge in [-0.25, -0.2) is 4.79 Å². The lowest BCUT2D eigenvalue weighted by Gasteiger charge is -2.19. The van der Waals surface area contributed by atoms with Gasteiger partial charge in [-0.3, -0.25) is 4.79 Å². The fraction of sp³-hybridized carbons (Fsp3) is 0.263. The maximum absolute atomic E-state index is 12.3. The van der Waals surface area contributed by atoms with E-state index in [2.05, 4.69) is 5.32 Å². The highest BCUT2D eigenvalue weighted by atomic mass is 16.6. The van der Waals surface area contributed by atoms with E-state index in [-0.39, 0.29) is 11.3 Å². The van der Waals surface area contributed by atoms with E-state index in [1.165, 1.54) is 32.2 Å². The normalized spacial score (nSPS) is 13.4. The molecule has 1 atom stereocenters. The summed E-state index contributed by atoms with van der Waals surface area (Å²) in [6.45, 7) is 2.34. The Morgan fingerprint density at radius 3 is 2.59 bits per heavy atom. The van der Waals surface area contributed by atoms with Gasteiger partial charge in [-0.1, -0.05) is 0 Å². The van der Waals surface area contributed by atoms with Crippen LogP contribution in [0.3, 0.4) is 0 Å². The molecule has 0 aliphatic carbocycles. The summed E-state index contributed by atoms with van der Waals surface area (Å²) in [5.74, 6) is -0.107. The number of ether oxygens (including phenoxy) is 4. The van der Waals surface area contributed by atoms with Crippen molar-refractivity contribution in [2.24, 2.45) is 0 Å². The average molecular weight is 373 g/mol. The lowest BCUT2D eigenvalue weighted by atomic mass is 10.2. The average Bonchev–Trinajstić information content (AvgIpc) is 2.68. The minimum Gasteiger partial charge on any atom is -0.507 e. The first-order chi connectivity index (χ1) is 13.0. The number of phenolic OH excluding ortho intramolecular Hbond substituents is 1. The molecular weight excluding hydrogens is 354 g/mol. The molecule has 8 heteroatoms. The van der Waals surface area contributed by atoms with Crippen molar-refractivity contribution in [3.63, 3.8) is 0 Å². The van der Waals surface area contributed by atoms with Crippen molar-refractivity contribution in [3.8, 4) is 23.0 Å². The van der Waals surface area contributed by atoms with E-state index in [9.17, 15) is 14.7 Å². The molecule has 2 aromatic carbocycles. The molecule has 27 heavy (non-hydrogen) atoms. The zero-order valence-electron chi connectivity index (χ0n) is 14.9. The molecular formula is C19H19NO7. The lowest BCUT2D eigenvalue weighted by molar-refractivity contribution is -0.123. The van der Waals surface area contributed by atoms with Gasteiger partial charge >= 0.3 is 5.97 Å². The van der Waals surface area contributed by atoms with Crippen LogP contribution in [-0.4, -0.2) is 43.4 Å². The van der Waals surface area contributed by atoms with Gasteiger partial charge in [-0.2, -0.15) is 0 Å². The van der Waals surface area contributed by atoms with Crippen LogP contribution in [-0.2, 0) is 9.53 Å². The van der Waals surface area contributed by atoms with Gasteiger partial charge in [-0.15, -0.1) is 0 Å². The number of carbonyl (C=O) groups excluding carboxylic acids is 2. The number of aromatic hydroxyl groups is 1. The zero-order valence-corrected chi connectivity index (χ0v) is 14.9. The Morgan fingerprint density at radius 1 is 1.11 bits per heavy atom. The predicted molar refractivity (Wildman–Crippen MR) is 95.6 cm³/mol. The number of phenols is 1. The molecule has 142 valence electrons. The molecule has 0 fully saturated rings. The number of nitrogens with one attached hydrogen (secondary N) is 1. The van der Waals surface area contributed by atoms with Crippen molar-refractivity contribution in [2.45, 2.75) is 13.0 Å². The third kappa shape index (κ3) is 4.22. The van der Waals surface area contributed by atoms with Gasteiger partial charge in [0, 0.05) is 11.8 Å². The van der Waals surface area contributed by atoms with Crippen LogP contribution < -0.4 is 19.5 Å². The van der Waals surface area contributed by atoms with Gasteiger partial charge in [0.15, 0.2) is 17.6 Å². The second-order valence-corrected chi connectivity index (χ2v) is 5.78. The smallest absolute Gasteiger partial charge is 0.342 e. The Morgan fingerprint density at radius 2 is 1.85 bits per heavy atom. The number of rotatable bonds is 5. The number of methoxy groups -OCH3 is 1. The van der Waals surface area contributed by atoms with Gasteiger partial charge in [0.2, 0.25) is 0 Å². The molecule has 1 aliphatic heterocycles. The summed E-state index contributed by atoms with van der Waals surface area (Å²) in [7, 11) is 1.44. The second-order valence-electron chi connectivity index (χ2n) is 5.78.